The fourth-order valence-electron chi connectivity index (χ4n) is 3.16. The molecule has 3 rings (SSSR count). The Bertz CT molecular complexity index is 547. The maximum absolute atomic E-state index is 12.8. The summed E-state index contributed by atoms with van der Waals surface area (Å²) in [6.07, 6.45) is 5.05. The van der Waals surface area contributed by atoms with Crippen molar-refractivity contribution < 1.29 is 9.53 Å². The van der Waals surface area contributed by atoms with E-state index in [0.29, 0.717) is 17.7 Å². The van der Waals surface area contributed by atoms with Gasteiger partial charge in [-0.1, -0.05) is 6.92 Å². The standard InChI is InChI=1S/C17H26N4O2/c1-3-14-12-21(9-8-20(14)10-11-23-2)17(22)15-6-7-18-16(19-15)13-4-5-13/h6-7,13-14H,3-5,8-12H2,1-2H3. The highest BCUT2D eigenvalue weighted by Gasteiger charge is 2.31. The van der Waals surface area contributed by atoms with Crippen LogP contribution in [-0.4, -0.2) is 71.6 Å². The summed E-state index contributed by atoms with van der Waals surface area (Å²) >= 11 is 0. The molecule has 0 N–H and O–H groups in total. The first-order valence-corrected chi connectivity index (χ1v) is 8.58. The number of methoxy groups -OCH3 is 1. The van der Waals surface area contributed by atoms with E-state index in [1.165, 1.54) is 0 Å². The van der Waals surface area contributed by atoms with Gasteiger partial charge in [-0.3, -0.25) is 9.69 Å². The zero-order valence-corrected chi connectivity index (χ0v) is 14.1. The van der Waals surface area contributed by atoms with Gasteiger partial charge in [-0.2, -0.15) is 0 Å². The zero-order valence-electron chi connectivity index (χ0n) is 14.1. The Morgan fingerprint density at radius 1 is 1.39 bits per heavy atom. The molecule has 126 valence electrons. The molecule has 6 nitrogen and oxygen atoms in total. The second-order valence-electron chi connectivity index (χ2n) is 6.42. The van der Waals surface area contributed by atoms with E-state index in [-0.39, 0.29) is 5.91 Å². The van der Waals surface area contributed by atoms with Crippen molar-refractivity contribution in [2.75, 3.05) is 39.9 Å². The second-order valence-corrected chi connectivity index (χ2v) is 6.42. The molecule has 1 amide bonds. The molecule has 1 aromatic rings. The number of ether oxygens (including phenoxy) is 1. The van der Waals surface area contributed by atoms with Crippen LogP contribution in [0.15, 0.2) is 12.3 Å². The van der Waals surface area contributed by atoms with Crippen LogP contribution in [0.3, 0.4) is 0 Å². The third-order valence-electron chi connectivity index (χ3n) is 4.78. The molecule has 0 bridgehead atoms. The third-order valence-corrected chi connectivity index (χ3v) is 4.78. The fourth-order valence-corrected chi connectivity index (χ4v) is 3.16. The minimum Gasteiger partial charge on any atom is -0.383 e. The Morgan fingerprint density at radius 2 is 2.22 bits per heavy atom. The van der Waals surface area contributed by atoms with Crippen molar-refractivity contribution >= 4 is 5.91 Å². The van der Waals surface area contributed by atoms with E-state index >= 15 is 0 Å². The molecular formula is C17H26N4O2. The molecular weight excluding hydrogens is 292 g/mol. The van der Waals surface area contributed by atoms with E-state index in [1.807, 2.05) is 4.90 Å². The van der Waals surface area contributed by atoms with Crippen LogP contribution in [0.5, 0.6) is 0 Å². The zero-order chi connectivity index (χ0) is 16.2. The topological polar surface area (TPSA) is 58.6 Å². The number of rotatable bonds is 6. The molecule has 2 fully saturated rings. The number of hydrogen-bond donors (Lipinski definition) is 0. The van der Waals surface area contributed by atoms with Crippen molar-refractivity contribution in [3.63, 3.8) is 0 Å². The monoisotopic (exact) mass is 318 g/mol. The van der Waals surface area contributed by atoms with Gasteiger partial charge in [-0.05, 0) is 25.3 Å². The normalized spacial score (nSPS) is 22.3. The number of carbonyl (C=O) groups is 1. The summed E-state index contributed by atoms with van der Waals surface area (Å²) in [6, 6.07) is 2.14. The summed E-state index contributed by atoms with van der Waals surface area (Å²) < 4.78 is 5.18. The SMILES string of the molecule is CCC1CN(C(=O)c2ccnc(C3CC3)n2)CCN1CCOC. The molecule has 1 saturated heterocycles. The van der Waals surface area contributed by atoms with Gasteiger partial charge in [0, 0.05) is 51.4 Å². The quantitative estimate of drug-likeness (QED) is 0.796. The summed E-state index contributed by atoms with van der Waals surface area (Å²) in [5, 5.41) is 0. The largest absolute Gasteiger partial charge is 0.383 e. The van der Waals surface area contributed by atoms with Gasteiger partial charge in [0.1, 0.15) is 11.5 Å². The lowest BCUT2D eigenvalue weighted by Crippen LogP contribution is -2.55. The predicted molar refractivity (Wildman–Crippen MR) is 87.4 cm³/mol. The van der Waals surface area contributed by atoms with E-state index in [1.54, 1.807) is 19.4 Å². The molecule has 1 aliphatic heterocycles. The maximum Gasteiger partial charge on any atom is 0.272 e. The van der Waals surface area contributed by atoms with Crippen molar-refractivity contribution in [1.29, 1.82) is 0 Å². The van der Waals surface area contributed by atoms with Crippen LogP contribution in [0.2, 0.25) is 0 Å². The van der Waals surface area contributed by atoms with Gasteiger partial charge in [0.2, 0.25) is 0 Å². The third kappa shape index (κ3) is 3.87. The smallest absolute Gasteiger partial charge is 0.272 e. The highest BCUT2D eigenvalue weighted by atomic mass is 16.5. The van der Waals surface area contributed by atoms with Gasteiger partial charge in [-0.25, -0.2) is 9.97 Å². The average Bonchev–Trinajstić information content (AvgIpc) is 3.44. The second kappa shape index (κ2) is 7.36. The van der Waals surface area contributed by atoms with Crippen LogP contribution in [0, 0.1) is 0 Å². The maximum atomic E-state index is 12.8. The van der Waals surface area contributed by atoms with Crippen molar-refractivity contribution in [2.24, 2.45) is 0 Å². The van der Waals surface area contributed by atoms with Gasteiger partial charge in [0.05, 0.1) is 6.61 Å². The highest BCUT2D eigenvalue weighted by molar-refractivity contribution is 5.92. The van der Waals surface area contributed by atoms with E-state index < -0.39 is 0 Å². The molecule has 2 aliphatic rings. The fraction of sp³-hybridized carbons (Fsp3) is 0.706. The first kappa shape index (κ1) is 16.3. The lowest BCUT2D eigenvalue weighted by molar-refractivity contribution is 0.0380. The van der Waals surface area contributed by atoms with E-state index in [4.69, 9.17) is 4.74 Å². The van der Waals surface area contributed by atoms with Crippen LogP contribution in [0.25, 0.3) is 0 Å². The van der Waals surface area contributed by atoms with Crippen LogP contribution in [-0.2, 0) is 4.74 Å². The molecule has 1 aromatic heterocycles. The number of amides is 1. The van der Waals surface area contributed by atoms with Crippen molar-refractivity contribution in [3.05, 3.63) is 23.8 Å². The molecule has 0 aromatic carbocycles. The number of aromatic nitrogens is 2. The molecule has 1 unspecified atom stereocenters. The van der Waals surface area contributed by atoms with Gasteiger partial charge in [0.25, 0.3) is 5.91 Å². The lowest BCUT2D eigenvalue weighted by atomic mass is 10.1. The predicted octanol–water partition coefficient (Wildman–Crippen LogP) is 1.54. The Kier molecular flexibility index (Phi) is 5.23. The first-order valence-electron chi connectivity index (χ1n) is 8.58. The van der Waals surface area contributed by atoms with Crippen molar-refractivity contribution in [1.82, 2.24) is 19.8 Å². The molecule has 23 heavy (non-hydrogen) atoms. The summed E-state index contributed by atoms with van der Waals surface area (Å²) in [5.41, 5.74) is 0.544. The van der Waals surface area contributed by atoms with Gasteiger partial charge in [-0.15, -0.1) is 0 Å². The average molecular weight is 318 g/mol. The summed E-state index contributed by atoms with van der Waals surface area (Å²) in [4.78, 5) is 25.9. The number of hydrogen-bond acceptors (Lipinski definition) is 5. The summed E-state index contributed by atoms with van der Waals surface area (Å²) in [6.45, 7) is 6.25. The number of carbonyl (C=O) groups excluding carboxylic acids is 1. The Morgan fingerprint density at radius 3 is 2.91 bits per heavy atom. The van der Waals surface area contributed by atoms with Crippen LogP contribution >= 0.6 is 0 Å². The molecule has 2 heterocycles. The van der Waals surface area contributed by atoms with Gasteiger partial charge < -0.3 is 9.64 Å². The van der Waals surface area contributed by atoms with Crippen LogP contribution in [0.4, 0.5) is 0 Å². The molecule has 0 spiro atoms. The Labute approximate surface area is 137 Å². The Hall–Kier alpha value is -1.53. The van der Waals surface area contributed by atoms with Crippen molar-refractivity contribution in [2.45, 2.75) is 38.1 Å². The number of piperazine rings is 1. The molecule has 1 saturated carbocycles. The van der Waals surface area contributed by atoms with Gasteiger partial charge >= 0.3 is 0 Å². The summed E-state index contributed by atoms with van der Waals surface area (Å²) in [5.74, 6) is 1.35. The molecule has 0 radical (unpaired) electrons. The minimum atomic E-state index is 0.0409. The van der Waals surface area contributed by atoms with E-state index in [2.05, 4.69) is 21.8 Å². The van der Waals surface area contributed by atoms with Crippen LogP contribution in [0.1, 0.15) is 48.4 Å². The highest BCUT2D eigenvalue weighted by Crippen LogP contribution is 2.37. The van der Waals surface area contributed by atoms with Crippen molar-refractivity contribution in [3.8, 4) is 0 Å². The molecule has 1 aliphatic carbocycles. The summed E-state index contributed by atoms with van der Waals surface area (Å²) in [7, 11) is 1.73. The Balaban J connectivity index is 1.65. The first-order chi connectivity index (χ1) is 11.2. The number of nitrogens with zero attached hydrogens (tertiary/aromatic N) is 4. The van der Waals surface area contributed by atoms with Crippen LogP contribution < -0.4 is 0 Å². The van der Waals surface area contributed by atoms with E-state index in [9.17, 15) is 4.79 Å². The molecule has 1 atom stereocenters. The lowest BCUT2D eigenvalue weighted by Gasteiger charge is -2.41. The van der Waals surface area contributed by atoms with Gasteiger partial charge in [0.15, 0.2) is 0 Å². The van der Waals surface area contributed by atoms with E-state index in [0.717, 1.165) is 57.9 Å². The minimum absolute atomic E-state index is 0.0409. The molecule has 6 heteroatoms.